The monoisotopic (exact) mass is 193 g/mol. The summed E-state index contributed by atoms with van der Waals surface area (Å²) in [5.41, 5.74) is 0.899. The summed E-state index contributed by atoms with van der Waals surface area (Å²) in [5, 5.41) is 10.8. The van der Waals surface area contributed by atoms with Crippen LogP contribution < -0.4 is 0 Å². The molecule has 0 aromatic heterocycles. The van der Waals surface area contributed by atoms with Gasteiger partial charge in [-0.15, -0.1) is 0 Å². The highest BCUT2D eigenvalue weighted by Gasteiger charge is 2.26. The van der Waals surface area contributed by atoms with E-state index in [9.17, 15) is 10.1 Å². The van der Waals surface area contributed by atoms with Crippen molar-refractivity contribution >= 4 is 5.69 Å². The third-order valence-corrected chi connectivity index (χ3v) is 2.71. The number of benzene rings is 1. The van der Waals surface area contributed by atoms with Gasteiger partial charge in [-0.2, -0.15) is 0 Å². The minimum Gasteiger partial charge on any atom is -0.258 e. The predicted molar refractivity (Wildman–Crippen MR) is 56.4 cm³/mol. The Morgan fingerprint density at radius 2 is 1.93 bits per heavy atom. The van der Waals surface area contributed by atoms with Crippen molar-refractivity contribution in [1.82, 2.24) is 0 Å². The van der Waals surface area contributed by atoms with Gasteiger partial charge in [0.25, 0.3) is 5.69 Å². The van der Waals surface area contributed by atoms with Gasteiger partial charge < -0.3 is 0 Å². The van der Waals surface area contributed by atoms with Crippen molar-refractivity contribution in [2.75, 3.05) is 0 Å². The van der Waals surface area contributed by atoms with Crippen molar-refractivity contribution < 1.29 is 4.92 Å². The average Bonchev–Trinajstić information content (AvgIpc) is 2.18. The molecule has 1 rings (SSSR count). The maximum Gasteiger partial charge on any atom is 0.273 e. The summed E-state index contributed by atoms with van der Waals surface area (Å²) >= 11 is 0. The Hall–Kier alpha value is -1.38. The molecule has 0 unspecified atom stereocenters. The molecule has 0 amide bonds. The van der Waals surface area contributed by atoms with Crippen LogP contribution in [0.1, 0.15) is 32.8 Å². The first kappa shape index (κ1) is 10.7. The minimum absolute atomic E-state index is 0.135. The molecule has 0 saturated carbocycles. The number of hydrogen-bond donors (Lipinski definition) is 0. The zero-order valence-corrected chi connectivity index (χ0v) is 8.78. The molecule has 0 N–H and O–H groups in total. The van der Waals surface area contributed by atoms with Gasteiger partial charge in [-0.3, -0.25) is 10.1 Å². The summed E-state index contributed by atoms with van der Waals surface area (Å²) < 4.78 is 0. The van der Waals surface area contributed by atoms with E-state index >= 15 is 0 Å². The van der Waals surface area contributed by atoms with E-state index in [4.69, 9.17) is 0 Å². The van der Waals surface area contributed by atoms with Gasteiger partial charge in [-0.1, -0.05) is 39.0 Å². The van der Waals surface area contributed by atoms with Gasteiger partial charge >= 0.3 is 0 Å². The van der Waals surface area contributed by atoms with Gasteiger partial charge in [0.05, 0.1) is 4.92 Å². The summed E-state index contributed by atoms with van der Waals surface area (Å²) in [4.78, 5) is 10.5. The third kappa shape index (κ3) is 1.92. The Morgan fingerprint density at radius 1 is 1.36 bits per heavy atom. The van der Waals surface area contributed by atoms with Crippen molar-refractivity contribution in [2.45, 2.75) is 32.6 Å². The highest BCUT2D eigenvalue weighted by Crippen LogP contribution is 2.33. The second kappa shape index (κ2) is 3.78. The molecule has 0 aliphatic carbocycles. The summed E-state index contributed by atoms with van der Waals surface area (Å²) in [6, 6.07) is 6.95. The number of nitro benzene ring substituents is 1. The Bertz CT molecular complexity index is 345. The number of rotatable bonds is 3. The molecule has 0 saturated heterocycles. The van der Waals surface area contributed by atoms with Crippen LogP contribution >= 0.6 is 0 Å². The number of nitro groups is 1. The van der Waals surface area contributed by atoms with Gasteiger partial charge in [-0.25, -0.2) is 0 Å². The van der Waals surface area contributed by atoms with E-state index in [0.717, 1.165) is 12.0 Å². The van der Waals surface area contributed by atoms with Gasteiger partial charge in [0.2, 0.25) is 0 Å². The van der Waals surface area contributed by atoms with E-state index in [2.05, 4.69) is 0 Å². The van der Waals surface area contributed by atoms with Crippen LogP contribution in [0.25, 0.3) is 0 Å². The van der Waals surface area contributed by atoms with Gasteiger partial charge in [0, 0.05) is 11.6 Å². The van der Waals surface area contributed by atoms with E-state index in [1.165, 1.54) is 0 Å². The second-order valence-electron chi connectivity index (χ2n) is 4.01. The van der Waals surface area contributed by atoms with Crippen LogP contribution in [-0.2, 0) is 5.41 Å². The van der Waals surface area contributed by atoms with E-state index < -0.39 is 0 Å². The normalized spacial score (nSPS) is 11.4. The first-order valence-corrected chi connectivity index (χ1v) is 4.73. The third-order valence-electron chi connectivity index (χ3n) is 2.71. The molecule has 3 nitrogen and oxygen atoms in total. The minimum atomic E-state index is -0.313. The summed E-state index contributed by atoms with van der Waals surface area (Å²) in [5.74, 6) is 0. The lowest BCUT2D eigenvalue weighted by molar-refractivity contribution is -0.386. The SMILES string of the molecule is CCC(C)(C)c1ccccc1[N+](=O)[O-]. The van der Waals surface area contributed by atoms with E-state index in [1.54, 1.807) is 12.1 Å². The molecule has 0 atom stereocenters. The molecule has 76 valence electrons. The maximum atomic E-state index is 10.8. The lowest BCUT2D eigenvalue weighted by atomic mass is 9.81. The molecule has 0 heterocycles. The highest BCUT2D eigenvalue weighted by molar-refractivity contribution is 5.44. The van der Waals surface area contributed by atoms with E-state index in [0.29, 0.717) is 0 Å². The quantitative estimate of drug-likeness (QED) is 0.546. The molecule has 0 bridgehead atoms. The Kier molecular flexibility index (Phi) is 2.89. The molecule has 0 spiro atoms. The zero-order chi connectivity index (χ0) is 10.8. The van der Waals surface area contributed by atoms with Crippen molar-refractivity contribution in [3.05, 3.63) is 39.9 Å². The molecule has 0 aliphatic rings. The lowest BCUT2D eigenvalue weighted by Crippen LogP contribution is -2.17. The summed E-state index contributed by atoms with van der Waals surface area (Å²) in [7, 11) is 0. The van der Waals surface area contributed by atoms with Gasteiger partial charge in [-0.05, 0) is 11.8 Å². The van der Waals surface area contributed by atoms with Gasteiger partial charge in [0.15, 0.2) is 0 Å². The van der Waals surface area contributed by atoms with Crippen LogP contribution in [0.2, 0.25) is 0 Å². The first-order chi connectivity index (χ1) is 6.49. The smallest absolute Gasteiger partial charge is 0.258 e. The van der Waals surface area contributed by atoms with Crippen molar-refractivity contribution in [2.24, 2.45) is 0 Å². The van der Waals surface area contributed by atoms with E-state index in [1.807, 2.05) is 32.9 Å². The molecule has 0 fully saturated rings. The van der Waals surface area contributed by atoms with Crippen molar-refractivity contribution in [1.29, 1.82) is 0 Å². The standard InChI is InChI=1S/C11H15NO2/c1-4-11(2,3)9-7-5-6-8-10(9)12(13)14/h5-8H,4H2,1-3H3. The highest BCUT2D eigenvalue weighted by atomic mass is 16.6. The van der Waals surface area contributed by atoms with Crippen LogP contribution in [0, 0.1) is 10.1 Å². The predicted octanol–water partition coefficient (Wildman–Crippen LogP) is 3.28. The summed E-state index contributed by atoms with van der Waals surface area (Å²) in [6.07, 6.45) is 0.887. The van der Waals surface area contributed by atoms with Crippen LogP contribution in [0.15, 0.2) is 24.3 Å². The number of para-hydroxylation sites is 1. The molecule has 14 heavy (non-hydrogen) atoms. The molecule has 1 aromatic rings. The van der Waals surface area contributed by atoms with E-state index in [-0.39, 0.29) is 16.0 Å². The molecular weight excluding hydrogens is 178 g/mol. The van der Waals surface area contributed by atoms with Crippen molar-refractivity contribution in [3.8, 4) is 0 Å². The molecule has 0 radical (unpaired) electrons. The largest absolute Gasteiger partial charge is 0.273 e. The Balaban J connectivity index is 3.27. The van der Waals surface area contributed by atoms with Crippen LogP contribution in [0.4, 0.5) is 5.69 Å². The fraction of sp³-hybridized carbons (Fsp3) is 0.455. The Morgan fingerprint density at radius 3 is 2.43 bits per heavy atom. The van der Waals surface area contributed by atoms with Crippen LogP contribution in [0.5, 0.6) is 0 Å². The van der Waals surface area contributed by atoms with Crippen LogP contribution in [0.3, 0.4) is 0 Å². The fourth-order valence-electron chi connectivity index (χ4n) is 1.40. The summed E-state index contributed by atoms with van der Waals surface area (Å²) in [6.45, 7) is 6.08. The molecular formula is C11H15NO2. The average molecular weight is 193 g/mol. The Labute approximate surface area is 83.9 Å². The number of hydrogen-bond acceptors (Lipinski definition) is 2. The zero-order valence-electron chi connectivity index (χ0n) is 8.78. The fourth-order valence-corrected chi connectivity index (χ4v) is 1.40. The van der Waals surface area contributed by atoms with Crippen molar-refractivity contribution in [3.63, 3.8) is 0 Å². The maximum absolute atomic E-state index is 10.8. The topological polar surface area (TPSA) is 43.1 Å². The van der Waals surface area contributed by atoms with Gasteiger partial charge in [0.1, 0.15) is 0 Å². The second-order valence-corrected chi connectivity index (χ2v) is 4.01. The molecule has 0 aliphatic heterocycles. The molecule has 3 heteroatoms. The van der Waals surface area contributed by atoms with Crippen LogP contribution in [-0.4, -0.2) is 4.92 Å². The first-order valence-electron chi connectivity index (χ1n) is 4.73. The molecule has 1 aromatic carbocycles. The number of nitrogens with zero attached hydrogens (tertiary/aromatic N) is 1. The lowest BCUT2D eigenvalue weighted by Gasteiger charge is -2.22.